The van der Waals surface area contributed by atoms with Gasteiger partial charge in [-0.1, -0.05) is 32.0 Å². The Morgan fingerprint density at radius 1 is 1.12 bits per heavy atom. The van der Waals surface area contributed by atoms with E-state index in [0.717, 1.165) is 11.1 Å². The number of nitro benzene ring substituents is 1. The molecule has 0 spiro atoms. The zero-order valence-electron chi connectivity index (χ0n) is 18.6. The lowest BCUT2D eigenvalue weighted by Crippen LogP contribution is -2.47. The summed E-state index contributed by atoms with van der Waals surface area (Å²) in [5.74, 6) is -0.0606. The fraction of sp³-hybridized carbons (Fsp3) is 0.348. The first-order chi connectivity index (χ1) is 15.2. The van der Waals surface area contributed by atoms with E-state index in [1.165, 1.54) is 30.5 Å². The Hall–Kier alpha value is -3.75. The smallest absolute Gasteiger partial charge is 0.269 e. The number of hydrazone groups is 1. The van der Waals surface area contributed by atoms with Crippen LogP contribution < -0.4 is 15.5 Å². The van der Waals surface area contributed by atoms with E-state index in [4.69, 9.17) is 4.74 Å². The van der Waals surface area contributed by atoms with Crippen LogP contribution in [0.1, 0.15) is 37.0 Å². The van der Waals surface area contributed by atoms with Crippen LogP contribution >= 0.6 is 0 Å². The molecule has 0 unspecified atom stereocenters. The standard InChI is InChI=1S/C23H28N4O5/c1-15(2)12-20(25-21(28)14-32-22-16(3)6-5-7-17(22)4)23(29)26-24-13-18-8-10-19(11-9-18)27(30)31/h5-11,13,15,20H,12,14H2,1-4H3,(H,25,28)(H,26,29)/b24-13-/t20-/m1/s1. The Kier molecular flexibility index (Phi) is 8.88. The number of hydrogen-bond acceptors (Lipinski definition) is 6. The molecule has 0 aliphatic carbocycles. The van der Waals surface area contributed by atoms with Crippen molar-refractivity contribution in [2.75, 3.05) is 6.61 Å². The number of ether oxygens (including phenoxy) is 1. The molecule has 0 radical (unpaired) electrons. The van der Waals surface area contributed by atoms with Gasteiger partial charge >= 0.3 is 0 Å². The molecule has 2 aromatic carbocycles. The first-order valence-corrected chi connectivity index (χ1v) is 10.2. The minimum atomic E-state index is -0.780. The van der Waals surface area contributed by atoms with Crippen molar-refractivity contribution in [2.45, 2.75) is 40.2 Å². The summed E-state index contributed by atoms with van der Waals surface area (Å²) >= 11 is 0. The van der Waals surface area contributed by atoms with Crippen LogP contribution in [0.15, 0.2) is 47.6 Å². The zero-order chi connectivity index (χ0) is 23.7. The minimum absolute atomic E-state index is 0.0333. The molecule has 32 heavy (non-hydrogen) atoms. The number of nitrogens with one attached hydrogen (secondary N) is 2. The van der Waals surface area contributed by atoms with E-state index in [1.807, 2.05) is 45.9 Å². The minimum Gasteiger partial charge on any atom is -0.483 e. The van der Waals surface area contributed by atoms with Gasteiger partial charge in [0.25, 0.3) is 17.5 Å². The third-order valence-corrected chi connectivity index (χ3v) is 4.61. The van der Waals surface area contributed by atoms with E-state index in [9.17, 15) is 19.7 Å². The summed E-state index contributed by atoms with van der Waals surface area (Å²) in [7, 11) is 0. The molecule has 0 bridgehead atoms. The largest absolute Gasteiger partial charge is 0.483 e. The van der Waals surface area contributed by atoms with Gasteiger partial charge in [0.15, 0.2) is 6.61 Å². The number of aryl methyl sites for hydroxylation is 2. The van der Waals surface area contributed by atoms with Crippen LogP contribution in [-0.2, 0) is 9.59 Å². The molecule has 1 atom stereocenters. The summed E-state index contributed by atoms with van der Waals surface area (Å²) in [4.78, 5) is 35.2. The summed E-state index contributed by atoms with van der Waals surface area (Å²) in [6, 6.07) is 10.7. The maximum Gasteiger partial charge on any atom is 0.269 e. The van der Waals surface area contributed by atoms with Gasteiger partial charge in [0.2, 0.25) is 0 Å². The van der Waals surface area contributed by atoms with Crippen molar-refractivity contribution in [1.29, 1.82) is 0 Å². The van der Waals surface area contributed by atoms with Gasteiger partial charge < -0.3 is 10.1 Å². The molecule has 9 heteroatoms. The van der Waals surface area contributed by atoms with E-state index in [1.54, 1.807) is 0 Å². The van der Waals surface area contributed by atoms with Gasteiger partial charge in [0.05, 0.1) is 11.1 Å². The second-order valence-corrected chi connectivity index (χ2v) is 7.84. The number of amides is 2. The van der Waals surface area contributed by atoms with Crippen LogP contribution in [0.2, 0.25) is 0 Å². The Morgan fingerprint density at radius 3 is 2.31 bits per heavy atom. The van der Waals surface area contributed by atoms with Crippen molar-refractivity contribution in [3.63, 3.8) is 0 Å². The van der Waals surface area contributed by atoms with E-state index in [2.05, 4.69) is 15.8 Å². The van der Waals surface area contributed by atoms with Crippen LogP contribution in [0.5, 0.6) is 5.75 Å². The van der Waals surface area contributed by atoms with Gasteiger partial charge in [-0.05, 0) is 55.0 Å². The lowest BCUT2D eigenvalue weighted by molar-refractivity contribution is -0.384. The Morgan fingerprint density at radius 2 is 1.75 bits per heavy atom. The summed E-state index contributed by atoms with van der Waals surface area (Å²) in [5, 5.41) is 17.3. The van der Waals surface area contributed by atoms with Crippen molar-refractivity contribution < 1.29 is 19.2 Å². The predicted molar refractivity (Wildman–Crippen MR) is 122 cm³/mol. The Labute approximate surface area is 187 Å². The van der Waals surface area contributed by atoms with Crippen LogP contribution in [0, 0.1) is 29.9 Å². The highest BCUT2D eigenvalue weighted by atomic mass is 16.6. The third kappa shape index (κ3) is 7.50. The van der Waals surface area contributed by atoms with E-state index >= 15 is 0 Å². The summed E-state index contributed by atoms with van der Waals surface area (Å²) in [6.07, 6.45) is 1.80. The highest BCUT2D eigenvalue weighted by molar-refractivity contribution is 5.89. The summed E-state index contributed by atoms with van der Waals surface area (Å²) in [6.45, 7) is 7.48. The number of rotatable bonds is 10. The molecular formula is C23H28N4O5. The highest BCUT2D eigenvalue weighted by Crippen LogP contribution is 2.22. The lowest BCUT2D eigenvalue weighted by Gasteiger charge is -2.19. The number of carbonyl (C=O) groups is 2. The molecule has 0 aliphatic heterocycles. The van der Waals surface area contributed by atoms with Crippen LogP contribution in [-0.4, -0.2) is 35.6 Å². The van der Waals surface area contributed by atoms with Gasteiger partial charge in [-0.3, -0.25) is 19.7 Å². The first kappa shape index (κ1) is 24.5. The molecule has 0 saturated heterocycles. The average molecular weight is 441 g/mol. The molecule has 0 heterocycles. The number of nitrogens with zero attached hydrogens (tertiary/aromatic N) is 2. The van der Waals surface area contributed by atoms with Crippen molar-refractivity contribution >= 4 is 23.7 Å². The summed E-state index contributed by atoms with van der Waals surface area (Å²) in [5.41, 5.74) is 4.82. The Balaban J connectivity index is 1.95. The summed E-state index contributed by atoms with van der Waals surface area (Å²) < 4.78 is 5.66. The molecule has 0 aliphatic rings. The molecule has 9 nitrogen and oxygen atoms in total. The maximum absolute atomic E-state index is 12.6. The lowest BCUT2D eigenvalue weighted by atomic mass is 10.0. The second-order valence-electron chi connectivity index (χ2n) is 7.84. The van der Waals surface area contributed by atoms with E-state index in [-0.39, 0.29) is 18.2 Å². The fourth-order valence-corrected chi connectivity index (χ4v) is 3.03. The van der Waals surface area contributed by atoms with Crippen LogP contribution in [0.25, 0.3) is 0 Å². The number of benzene rings is 2. The van der Waals surface area contributed by atoms with Crippen molar-refractivity contribution in [2.24, 2.45) is 11.0 Å². The molecule has 0 saturated carbocycles. The number of carbonyl (C=O) groups excluding carboxylic acids is 2. The molecule has 2 rings (SSSR count). The second kappa shape index (κ2) is 11.6. The number of para-hydroxylation sites is 1. The fourth-order valence-electron chi connectivity index (χ4n) is 3.03. The topological polar surface area (TPSA) is 123 Å². The molecule has 170 valence electrons. The first-order valence-electron chi connectivity index (χ1n) is 10.2. The number of nitro groups is 1. The molecule has 0 fully saturated rings. The molecular weight excluding hydrogens is 412 g/mol. The van der Waals surface area contributed by atoms with E-state index in [0.29, 0.717) is 17.7 Å². The molecule has 2 amide bonds. The predicted octanol–water partition coefficient (Wildman–Crippen LogP) is 3.27. The van der Waals surface area contributed by atoms with Gasteiger partial charge in [-0.2, -0.15) is 5.10 Å². The zero-order valence-corrected chi connectivity index (χ0v) is 18.6. The molecule has 2 aromatic rings. The number of non-ortho nitro benzene ring substituents is 1. The van der Waals surface area contributed by atoms with Crippen LogP contribution in [0.4, 0.5) is 5.69 Å². The van der Waals surface area contributed by atoms with Crippen molar-refractivity contribution in [3.8, 4) is 5.75 Å². The quantitative estimate of drug-likeness (QED) is 0.333. The van der Waals surface area contributed by atoms with Gasteiger partial charge in [-0.15, -0.1) is 0 Å². The van der Waals surface area contributed by atoms with Gasteiger partial charge in [-0.25, -0.2) is 5.43 Å². The van der Waals surface area contributed by atoms with E-state index < -0.39 is 22.8 Å². The number of hydrogen-bond donors (Lipinski definition) is 2. The highest BCUT2D eigenvalue weighted by Gasteiger charge is 2.22. The maximum atomic E-state index is 12.6. The normalized spacial score (nSPS) is 11.9. The third-order valence-electron chi connectivity index (χ3n) is 4.61. The van der Waals surface area contributed by atoms with Crippen molar-refractivity contribution in [3.05, 3.63) is 69.3 Å². The molecule has 0 aromatic heterocycles. The Bertz CT molecular complexity index is 966. The molecule has 2 N–H and O–H groups in total. The SMILES string of the molecule is Cc1cccc(C)c1OCC(=O)N[C@H](CC(C)C)C(=O)N/N=C\c1ccc([N+](=O)[O-])cc1. The van der Waals surface area contributed by atoms with Crippen LogP contribution in [0.3, 0.4) is 0 Å². The van der Waals surface area contributed by atoms with Gasteiger partial charge in [0, 0.05) is 12.1 Å². The van der Waals surface area contributed by atoms with Crippen molar-refractivity contribution in [1.82, 2.24) is 10.7 Å². The van der Waals surface area contributed by atoms with Gasteiger partial charge in [0.1, 0.15) is 11.8 Å². The monoisotopic (exact) mass is 440 g/mol. The average Bonchev–Trinajstić information content (AvgIpc) is 2.73.